The molecule has 3 heterocycles. The van der Waals surface area contributed by atoms with E-state index < -0.39 is 0 Å². The molecule has 0 saturated carbocycles. The highest BCUT2D eigenvalue weighted by Crippen LogP contribution is 2.27. The standard InChI is InChI=1S/C14H18N6O2/c1-17-9-10-18(11-17)7-4-6-15-14-13(20(21)22)12-5-2-3-8-19(12)16-14/h2-3,5,8-11H,4,6-7H2,1H3,(H,15,16)(H,21,22)/q+2. The van der Waals surface area contributed by atoms with E-state index in [0.29, 0.717) is 17.9 Å². The summed E-state index contributed by atoms with van der Waals surface area (Å²) in [7, 11) is 1.97. The summed E-state index contributed by atoms with van der Waals surface area (Å²) in [6.07, 6.45) is 8.58. The maximum atomic E-state index is 11.4. The first kappa shape index (κ1) is 14.1. The van der Waals surface area contributed by atoms with E-state index in [-0.39, 0.29) is 10.6 Å². The minimum Gasteiger partial charge on any atom is -0.363 e. The lowest BCUT2D eigenvalue weighted by Gasteiger charge is -2.00. The summed E-state index contributed by atoms with van der Waals surface area (Å²) in [5.74, 6) is 0.377. The highest BCUT2D eigenvalue weighted by atomic mass is 16.6. The molecule has 0 bridgehead atoms. The van der Waals surface area contributed by atoms with Gasteiger partial charge in [-0.3, -0.25) is 0 Å². The van der Waals surface area contributed by atoms with Crippen LogP contribution in [0.15, 0.2) is 43.1 Å². The predicted octanol–water partition coefficient (Wildman–Crippen LogP) is 1.26. The van der Waals surface area contributed by atoms with Crippen molar-refractivity contribution in [3.8, 4) is 0 Å². The number of nitrogens with one attached hydrogen (secondary N) is 1. The molecule has 0 aliphatic rings. The molecule has 0 fully saturated rings. The van der Waals surface area contributed by atoms with Crippen molar-refractivity contribution in [2.45, 2.75) is 13.0 Å². The van der Waals surface area contributed by atoms with E-state index in [2.05, 4.69) is 15.0 Å². The number of hydrogen-bond acceptors (Lipinski definition) is 3. The van der Waals surface area contributed by atoms with Gasteiger partial charge in [0, 0.05) is 19.2 Å². The molecule has 0 radical (unpaired) electrons. The Morgan fingerprint density at radius 1 is 1.41 bits per heavy atom. The molecule has 0 atom stereocenters. The quantitative estimate of drug-likeness (QED) is 0.408. The largest absolute Gasteiger partial charge is 0.385 e. The summed E-state index contributed by atoms with van der Waals surface area (Å²) in [4.78, 5) is 11.2. The van der Waals surface area contributed by atoms with Gasteiger partial charge in [-0.1, -0.05) is 6.07 Å². The first-order chi connectivity index (χ1) is 10.6. The molecular weight excluding hydrogens is 284 g/mol. The van der Waals surface area contributed by atoms with Crippen molar-refractivity contribution in [2.24, 2.45) is 7.05 Å². The lowest BCUT2D eigenvalue weighted by atomic mass is 10.3. The Morgan fingerprint density at radius 2 is 2.27 bits per heavy atom. The van der Waals surface area contributed by atoms with Gasteiger partial charge >= 0.3 is 5.69 Å². The van der Waals surface area contributed by atoms with Crippen LogP contribution in [-0.4, -0.2) is 30.9 Å². The fraction of sp³-hybridized carbons (Fsp3) is 0.286. The van der Waals surface area contributed by atoms with Crippen LogP contribution in [0.4, 0.5) is 11.5 Å². The Labute approximate surface area is 126 Å². The molecule has 0 aliphatic heterocycles. The van der Waals surface area contributed by atoms with Crippen molar-refractivity contribution in [1.29, 1.82) is 0 Å². The first-order valence-electron chi connectivity index (χ1n) is 7.03. The molecule has 114 valence electrons. The minimum atomic E-state index is -0.142. The number of aryl methyl sites for hydroxylation is 2. The highest BCUT2D eigenvalue weighted by Gasteiger charge is 2.27. The van der Waals surface area contributed by atoms with Gasteiger partial charge < -0.3 is 5.32 Å². The molecule has 0 aliphatic carbocycles. The van der Waals surface area contributed by atoms with Crippen LogP contribution in [0.25, 0.3) is 5.52 Å². The average Bonchev–Trinajstić information content (AvgIpc) is 3.06. The number of aromatic nitrogens is 4. The Morgan fingerprint density at radius 3 is 3.00 bits per heavy atom. The van der Waals surface area contributed by atoms with Crippen LogP contribution in [0.5, 0.6) is 0 Å². The van der Waals surface area contributed by atoms with E-state index in [1.54, 1.807) is 22.8 Å². The second-order valence-electron chi connectivity index (χ2n) is 5.10. The monoisotopic (exact) mass is 302 g/mol. The summed E-state index contributed by atoms with van der Waals surface area (Å²) < 4.78 is 5.62. The Bertz CT molecular complexity index is 807. The van der Waals surface area contributed by atoms with E-state index in [1.165, 1.54) is 0 Å². The van der Waals surface area contributed by atoms with Crippen LogP contribution in [-0.2, 0) is 13.6 Å². The molecule has 0 saturated heterocycles. The summed E-state index contributed by atoms with van der Waals surface area (Å²) in [6, 6.07) is 5.33. The Balaban J connectivity index is 1.68. The number of pyridine rings is 1. The third-order valence-corrected chi connectivity index (χ3v) is 3.41. The normalized spacial score (nSPS) is 11.0. The van der Waals surface area contributed by atoms with Crippen LogP contribution in [0.1, 0.15) is 6.42 Å². The Kier molecular flexibility index (Phi) is 3.73. The van der Waals surface area contributed by atoms with Crippen molar-refractivity contribution in [1.82, 2.24) is 14.2 Å². The molecule has 0 unspecified atom stereocenters. The number of rotatable bonds is 6. The van der Waals surface area contributed by atoms with E-state index in [9.17, 15) is 10.1 Å². The SMILES string of the molecule is C[n+]1ccn(CCCNc2nn3ccccc3c2[N+](=O)O)c1. The van der Waals surface area contributed by atoms with E-state index >= 15 is 0 Å². The van der Waals surface area contributed by atoms with Crippen LogP contribution in [0, 0.1) is 4.91 Å². The van der Waals surface area contributed by atoms with Gasteiger partial charge in [-0.25, -0.2) is 18.9 Å². The zero-order valence-electron chi connectivity index (χ0n) is 12.3. The third kappa shape index (κ3) is 2.76. The Hall–Kier alpha value is -2.90. The zero-order valence-corrected chi connectivity index (χ0v) is 12.3. The lowest BCUT2D eigenvalue weighted by molar-refractivity contribution is -0.728. The van der Waals surface area contributed by atoms with Crippen molar-refractivity contribution in [3.05, 3.63) is 48.0 Å². The molecule has 3 rings (SSSR count). The molecule has 0 aromatic carbocycles. The van der Waals surface area contributed by atoms with Gasteiger partial charge in [0.05, 0.1) is 18.5 Å². The van der Waals surface area contributed by atoms with Gasteiger partial charge in [0.2, 0.25) is 12.1 Å². The van der Waals surface area contributed by atoms with Crippen LogP contribution in [0.2, 0.25) is 0 Å². The number of nitrogens with zero attached hydrogens (tertiary/aromatic N) is 5. The summed E-state index contributed by atoms with van der Waals surface area (Å²) in [5.41, 5.74) is 0.688. The molecule has 3 aromatic rings. The van der Waals surface area contributed by atoms with Crippen molar-refractivity contribution < 1.29 is 14.7 Å². The van der Waals surface area contributed by atoms with Gasteiger partial charge in [0.1, 0.15) is 12.4 Å². The summed E-state index contributed by atoms with van der Waals surface area (Å²) in [6.45, 7) is 1.50. The van der Waals surface area contributed by atoms with E-state index in [4.69, 9.17) is 0 Å². The second kappa shape index (κ2) is 5.84. The lowest BCUT2D eigenvalue weighted by Crippen LogP contribution is -2.23. The molecular formula is C14H18N6O2+2. The maximum Gasteiger partial charge on any atom is 0.385 e. The van der Waals surface area contributed by atoms with Crippen molar-refractivity contribution >= 4 is 17.0 Å². The zero-order chi connectivity index (χ0) is 15.5. The average molecular weight is 302 g/mol. The fourth-order valence-electron chi connectivity index (χ4n) is 2.40. The van der Waals surface area contributed by atoms with Crippen LogP contribution >= 0.6 is 0 Å². The number of imidazole rings is 1. The third-order valence-electron chi connectivity index (χ3n) is 3.41. The van der Waals surface area contributed by atoms with E-state index in [1.807, 2.05) is 36.4 Å². The van der Waals surface area contributed by atoms with Crippen molar-refractivity contribution in [3.63, 3.8) is 0 Å². The molecule has 22 heavy (non-hydrogen) atoms. The molecule has 3 aromatic heterocycles. The van der Waals surface area contributed by atoms with Gasteiger partial charge in [0.15, 0.2) is 5.52 Å². The first-order valence-corrected chi connectivity index (χ1v) is 7.03. The molecule has 2 N–H and O–H groups in total. The maximum absolute atomic E-state index is 11.4. The smallest absolute Gasteiger partial charge is 0.363 e. The van der Waals surface area contributed by atoms with E-state index in [0.717, 1.165) is 13.0 Å². The van der Waals surface area contributed by atoms with Crippen molar-refractivity contribution in [2.75, 3.05) is 11.9 Å². The highest BCUT2D eigenvalue weighted by molar-refractivity contribution is 5.76. The van der Waals surface area contributed by atoms with Crippen LogP contribution < -0.4 is 9.88 Å². The molecule has 8 heteroatoms. The van der Waals surface area contributed by atoms with Gasteiger partial charge in [-0.2, -0.15) is 0 Å². The van der Waals surface area contributed by atoms with Gasteiger partial charge in [0.25, 0.3) is 4.92 Å². The van der Waals surface area contributed by atoms with Gasteiger partial charge in [-0.15, -0.1) is 5.10 Å². The van der Waals surface area contributed by atoms with Gasteiger partial charge in [-0.05, 0) is 12.1 Å². The fourth-order valence-corrected chi connectivity index (χ4v) is 2.40. The second-order valence-corrected chi connectivity index (χ2v) is 5.10. The molecule has 0 spiro atoms. The topological polar surface area (TPSA) is 78.5 Å². The summed E-state index contributed by atoms with van der Waals surface area (Å²) in [5, 5.41) is 16.7. The summed E-state index contributed by atoms with van der Waals surface area (Å²) >= 11 is 0. The minimum absolute atomic E-state index is 0.132. The molecule has 0 amide bonds. The number of fused-ring (bicyclic) bond motifs is 1. The predicted molar refractivity (Wildman–Crippen MR) is 79.0 cm³/mol. The molecule has 8 nitrogen and oxygen atoms in total. The number of anilines is 1. The number of hydrogen-bond donors (Lipinski definition) is 2. The van der Waals surface area contributed by atoms with Crippen LogP contribution in [0.3, 0.4) is 0 Å².